The highest BCUT2D eigenvalue weighted by Crippen LogP contribution is 1.96. The highest BCUT2D eigenvalue weighted by atomic mass is 16.4. The molecule has 7 heteroatoms. The molecule has 1 aromatic rings. The lowest BCUT2D eigenvalue weighted by atomic mass is 10.2. The first-order chi connectivity index (χ1) is 7.74. The molecule has 0 unspecified atom stereocenters. The SMILES string of the molecule is NC(CCCCNC(=O)c1cn[nH]c1)=NO. The maximum Gasteiger partial charge on any atom is 0.254 e. The molecule has 0 saturated heterocycles. The van der Waals surface area contributed by atoms with Gasteiger partial charge >= 0.3 is 0 Å². The number of nitrogens with one attached hydrogen (secondary N) is 2. The number of carbonyl (C=O) groups is 1. The number of oxime groups is 1. The van der Waals surface area contributed by atoms with Crippen molar-refractivity contribution in [2.45, 2.75) is 19.3 Å². The number of hydrogen-bond acceptors (Lipinski definition) is 4. The topological polar surface area (TPSA) is 116 Å². The minimum absolute atomic E-state index is 0.155. The van der Waals surface area contributed by atoms with E-state index in [0.29, 0.717) is 18.5 Å². The monoisotopic (exact) mass is 225 g/mol. The summed E-state index contributed by atoms with van der Waals surface area (Å²) in [5.41, 5.74) is 5.80. The van der Waals surface area contributed by atoms with Gasteiger partial charge in [0.25, 0.3) is 5.91 Å². The molecule has 1 aromatic heterocycles. The van der Waals surface area contributed by atoms with E-state index in [1.165, 1.54) is 12.4 Å². The van der Waals surface area contributed by atoms with Crippen LogP contribution in [0.15, 0.2) is 17.5 Å². The van der Waals surface area contributed by atoms with Crippen molar-refractivity contribution in [3.63, 3.8) is 0 Å². The summed E-state index contributed by atoms with van der Waals surface area (Å²) in [6.07, 6.45) is 5.07. The Labute approximate surface area is 92.7 Å². The average molecular weight is 225 g/mol. The number of aromatic amines is 1. The molecule has 1 amide bonds. The molecule has 1 rings (SSSR count). The molecule has 88 valence electrons. The van der Waals surface area contributed by atoms with Gasteiger partial charge in [-0.15, -0.1) is 0 Å². The van der Waals surface area contributed by atoms with Gasteiger partial charge in [0.2, 0.25) is 0 Å². The number of amides is 1. The molecule has 7 nitrogen and oxygen atoms in total. The first-order valence-electron chi connectivity index (χ1n) is 4.97. The van der Waals surface area contributed by atoms with E-state index in [0.717, 1.165) is 12.8 Å². The lowest BCUT2D eigenvalue weighted by Gasteiger charge is -2.02. The molecule has 0 spiro atoms. The average Bonchev–Trinajstić information content (AvgIpc) is 2.81. The number of unbranched alkanes of at least 4 members (excludes halogenated alkanes) is 1. The molecule has 0 fully saturated rings. The molecule has 0 aliphatic rings. The van der Waals surface area contributed by atoms with E-state index in [9.17, 15) is 4.79 Å². The minimum atomic E-state index is -0.155. The number of aromatic nitrogens is 2. The number of hydrogen-bond donors (Lipinski definition) is 4. The van der Waals surface area contributed by atoms with Crippen molar-refractivity contribution in [1.29, 1.82) is 0 Å². The Balaban J connectivity index is 2.10. The lowest BCUT2D eigenvalue weighted by molar-refractivity contribution is 0.0953. The summed E-state index contributed by atoms with van der Waals surface area (Å²) in [5.74, 6) is 0.0544. The van der Waals surface area contributed by atoms with Crippen LogP contribution in [0.25, 0.3) is 0 Å². The Bertz CT molecular complexity index is 347. The van der Waals surface area contributed by atoms with Crippen LogP contribution in [0.5, 0.6) is 0 Å². The van der Waals surface area contributed by atoms with Crippen molar-refractivity contribution in [3.8, 4) is 0 Å². The van der Waals surface area contributed by atoms with E-state index in [-0.39, 0.29) is 11.7 Å². The Morgan fingerprint density at radius 2 is 2.44 bits per heavy atom. The van der Waals surface area contributed by atoms with Crippen LogP contribution in [-0.4, -0.2) is 33.7 Å². The molecule has 0 radical (unpaired) electrons. The first kappa shape index (κ1) is 12.0. The van der Waals surface area contributed by atoms with E-state index < -0.39 is 0 Å². The molecule has 16 heavy (non-hydrogen) atoms. The molecule has 0 atom stereocenters. The van der Waals surface area contributed by atoms with Gasteiger partial charge in [-0.1, -0.05) is 5.16 Å². The normalized spacial score (nSPS) is 11.4. The predicted molar refractivity (Wildman–Crippen MR) is 58.2 cm³/mol. The molecular formula is C9H15N5O2. The number of H-pyrrole nitrogens is 1. The highest BCUT2D eigenvalue weighted by molar-refractivity contribution is 5.93. The fraction of sp³-hybridized carbons (Fsp3) is 0.444. The van der Waals surface area contributed by atoms with Crippen molar-refractivity contribution in [2.75, 3.05) is 6.54 Å². The van der Waals surface area contributed by atoms with Crippen molar-refractivity contribution >= 4 is 11.7 Å². The summed E-state index contributed by atoms with van der Waals surface area (Å²) in [4.78, 5) is 11.4. The minimum Gasteiger partial charge on any atom is -0.409 e. The standard InChI is InChI=1S/C9H15N5O2/c10-8(14-16)3-1-2-4-11-9(15)7-5-12-13-6-7/h5-6,16H,1-4H2,(H2,10,14)(H,11,15)(H,12,13). The van der Waals surface area contributed by atoms with Crippen LogP contribution in [0.2, 0.25) is 0 Å². The molecule has 0 saturated carbocycles. The van der Waals surface area contributed by atoms with Crippen LogP contribution in [0, 0.1) is 0 Å². The zero-order valence-electron chi connectivity index (χ0n) is 8.81. The second kappa shape index (κ2) is 6.44. The summed E-state index contributed by atoms with van der Waals surface area (Å²) < 4.78 is 0. The molecule has 0 aliphatic carbocycles. The van der Waals surface area contributed by atoms with Crippen molar-refractivity contribution in [3.05, 3.63) is 18.0 Å². The van der Waals surface area contributed by atoms with Gasteiger partial charge in [0.15, 0.2) is 0 Å². The Kier molecular flexibility index (Phi) is 4.84. The van der Waals surface area contributed by atoms with Gasteiger partial charge in [-0.3, -0.25) is 9.89 Å². The number of nitrogens with two attached hydrogens (primary N) is 1. The van der Waals surface area contributed by atoms with Crippen LogP contribution in [-0.2, 0) is 0 Å². The van der Waals surface area contributed by atoms with Crippen LogP contribution in [0.4, 0.5) is 0 Å². The van der Waals surface area contributed by atoms with Crippen molar-refractivity contribution in [2.24, 2.45) is 10.9 Å². The Morgan fingerprint density at radius 3 is 3.06 bits per heavy atom. The van der Waals surface area contributed by atoms with Gasteiger partial charge in [-0.05, 0) is 12.8 Å². The third-order valence-corrected chi connectivity index (χ3v) is 2.03. The first-order valence-corrected chi connectivity index (χ1v) is 4.97. The van der Waals surface area contributed by atoms with Crippen molar-refractivity contribution < 1.29 is 10.0 Å². The summed E-state index contributed by atoms with van der Waals surface area (Å²) in [5, 5.41) is 20.1. The van der Waals surface area contributed by atoms with Crippen LogP contribution in [0.1, 0.15) is 29.6 Å². The Hall–Kier alpha value is -2.05. The van der Waals surface area contributed by atoms with E-state index in [1.54, 1.807) is 0 Å². The second-order valence-electron chi connectivity index (χ2n) is 3.29. The zero-order chi connectivity index (χ0) is 11.8. The number of rotatable bonds is 6. The predicted octanol–water partition coefficient (Wildman–Crippen LogP) is 0.0562. The summed E-state index contributed by atoms with van der Waals surface area (Å²) in [7, 11) is 0. The summed E-state index contributed by atoms with van der Waals surface area (Å²) in [6.45, 7) is 0.558. The van der Waals surface area contributed by atoms with Crippen molar-refractivity contribution in [1.82, 2.24) is 15.5 Å². The Morgan fingerprint density at radius 1 is 1.62 bits per heavy atom. The third-order valence-electron chi connectivity index (χ3n) is 2.03. The fourth-order valence-corrected chi connectivity index (χ4v) is 1.16. The number of nitrogens with zero attached hydrogens (tertiary/aromatic N) is 2. The molecule has 0 bridgehead atoms. The maximum atomic E-state index is 11.4. The van der Waals surface area contributed by atoms with Crippen LogP contribution in [0.3, 0.4) is 0 Å². The van der Waals surface area contributed by atoms with Gasteiger partial charge in [0, 0.05) is 19.2 Å². The smallest absolute Gasteiger partial charge is 0.254 e. The number of amidine groups is 1. The van der Waals surface area contributed by atoms with E-state index in [2.05, 4.69) is 20.7 Å². The van der Waals surface area contributed by atoms with Crippen LogP contribution < -0.4 is 11.1 Å². The summed E-state index contributed by atoms with van der Waals surface area (Å²) in [6, 6.07) is 0. The van der Waals surface area contributed by atoms with E-state index in [1.807, 2.05) is 0 Å². The van der Waals surface area contributed by atoms with Gasteiger partial charge in [-0.2, -0.15) is 5.10 Å². The largest absolute Gasteiger partial charge is 0.409 e. The second-order valence-corrected chi connectivity index (χ2v) is 3.29. The molecule has 0 aromatic carbocycles. The van der Waals surface area contributed by atoms with Gasteiger partial charge in [0.1, 0.15) is 5.84 Å². The number of carbonyl (C=O) groups excluding carboxylic acids is 1. The van der Waals surface area contributed by atoms with E-state index >= 15 is 0 Å². The lowest BCUT2D eigenvalue weighted by Crippen LogP contribution is -2.24. The van der Waals surface area contributed by atoms with Gasteiger partial charge in [0.05, 0.1) is 11.8 Å². The van der Waals surface area contributed by atoms with Crippen LogP contribution >= 0.6 is 0 Å². The molecule has 1 heterocycles. The molecular weight excluding hydrogens is 210 g/mol. The fourth-order valence-electron chi connectivity index (χ4n) is 1.16. The zero-order valence-corrected chi connectivity index (χ0v) is 8.81. The molecule has 0 aliphatic heterocycles. The molecule has 5 N–H and O–H groups in total. The maximum absolute atomic E-state index is 11.4. The van der Waals surface area contributed by atoms with E-state index in [4.69, 9.17) is 10.9 Å². The quantitative estimate of drug-likeness (QED) is 0.180. The highest BCUT2D eigenvalue weighted by Gasteiger charge is 2.04. The van der Waals surface area contributed by atoms with Gasteiger partial charge < -0.3 is 16.3 Å². The summed E-state index contributed by atoms with van der Waals surface area (Å²) >= 11 is 0. The van der Waals surface area contributed by atoms with Gasteiger partial charge in [-0.25, -0.2) is 0 Å². The third kappa shape index (κ3) is 3.99.